The molecule has 0 amide bonds. The number of ether oxygens (including phenoxy) is 2. The van der Waals surface area contributed by atoms with Crippen LogP contribution in [0.1, 0.15) is 30.0 Å². The quantitative estimate of drug-likeness (QED) is 0.378. The van der Waals surface area contributed by atoms with Crippen LogP contribution in [0.25, 0.3) is 0 Å². The van der Waals surface area contributed by atoms with Gasteiger partial charge in [-0.25, -0.2) is 0 Å². The number of halogens is 2. The topological polar surface area (TPSA) is 30.5 Å². The van der Waals surface area contributed by atoms with Gasteiger partial charge in [-0.05, 0) is 60.7 Å². The van der Waals surface area contributed by atoms with E-state index in [0.717, 1.165) is 24.0 Å². The molecule has 0 aliphatic carbocycles. The predicted octanol–water partition coefficient (Wildman–Crippen LogP) is 6.69. The Morgan fingerprint density at radius 2 is 1.67 bits per heavy atom. The molecule has 30 heavy (non-hydrogen) atoms. The largest absolute Gasteiger partial charge is 0.493 e. The van der Waals surface area contributed by atoms with Crippen molar-refractivity contribution < 1.29 is 9.47 Å². The molecule has 0 radical (unpaired) electrons. The Morgan fingerprint density at radius 1 is 0.900 bits per heavy atom. The van der Waals surface area contributed by atoms with Gasteiger partial charge in [-0.1, -0.05) is 65.7 Å². The molecule has 0 aromatic heterocycles. The van der Waals surface area contributed by atoms with Gasteiger partial charge < -0.3 is 14.8 Å². The van der Waals surface area contributed by atoms with E-state index in [2.05, 4.69) is 36.5 Å². The monoisotopic (exact) mass is 443 g/mol. The second-order valence-electron chi connectivity index (χ2n) is 7.33. The highest BCUT2D eigenvalue weighted by Crippen LogP contribution is 2.37. The normalized spacial score (nSPS) is 11.9. The highest BCUT2D eigenvalue weighted by molar-refractivity contribution is 6.32. The lowest BCUT2D eigenvalue weighted by molar-refractivity contribution is 0.284. The van der Waals surface area contributed by atoms with Gasteiger partial charge in [-0.15, -0.1) is 0 Å². The molecule has 0 aliphatic rings. The number of hydrogen-bond donors (Lipinski definition) is 1. The molecule has 3 nitrogen and oxygen atoms in total. The van der Waals surface area contributed by atoms with Crippen LogP contribution < -0.4 is 14.8 Å². The molecule has 3 aromatic rings. The number of nitrogens with one attached hydrogen (secondary N) is 1. The summed E-state index contributed by atoms with van der Waals surface area (Å²) in [5.74, 6) is 1.17. The summed E-state index contributed by atoms with van der Waals surface area (Å²) < 4.78 is 11.5. The summed E-state index contributed by atoms with van der Waals surface area (Å²) in [4.78, 5) is 0. The van der Waals surface area contributed by atoms with Gasteiger partial charge >= 0.3 is 0 Å². The molecule has 0 saturated heterocycles. The summed E-state index contributed by atoms with van der Waals surface area (Å²) in [6, 6.07) is 22.4. The van der Waals surface area contributed by atoms with Crippen LogP contribution in [0.5, 0.6) is 11.5 Å². The highest BCUT2D eigenvalue weighted by atomic mass is 35.5. The van der Waals surface area contributed by atoms with E-state index in [1.54, 1.807) is 7.11 Å². The summed E-state index contributed by atoms with van der Waals surface area (Å²) in [5, 5.41) is 4.77. The first-order valence-electron chi connectivity index (χ1n) is 10.1. The standard InChI is InChI=1S/C25H27Cl2NO2/c1-18(11-12-19-7-4-3-5-8-19)28-16-21-14-23(27)25(24(15-21)29-2)30-17-20-9-6-10-22(26)13-20/h3-10,13-15,18,28H,11-12,16-17H2,1-2H3/t18-/m0/s1. The van der Waals surface area contributed by atoms with Crippen molar-refractivity contribution in [3.63, 3.8) is 0 Å². The molecule has 5 heteroatoms. The minimum Gasteiger partial charge on any atom is -0.493 e. The summed E-state index contributed by atoms with van der Waals surface area (Å²) in [6.07, 6.45) is 2.12. The molecule has 158 valence electrons. The predicted molar refractivity (Wildman–Crippen MR) is 125 cm³/mol. The van der Waals surface area contributed by atoms with Crippen molar-refractivity contribution in [1.82, 2.24) is 5.32 Å². The Balaban J connectivity index is 1.57. The van der Waals surface area contributed by atoms with Crippen molar-refractivity contribution in [2.45, 2.75) is 39.0 Å². The SMILES string of the molecule is COc1cc(CN[C@@H](C)CCc2ccccc2)cc(Cl)c1OCc1cccc(Cl)c1. The Kier molecular flexibility index (Phi) is 8.44. The van der Waals surface area contributed by atoms with Crippen molar-refractivity contribution >= 4 is 23.2 Å². The lowest BCUT2D eigenvalue weighted by Crippen LogP contribution is -2.26. The van der Waals surface area contributed by atoms with Crippen LogP contribution in [0, 0.1) is 0 Å². The average Bonchev–Trinajstić information content (AvgIpc) is 2.76. The Morgan fingerprint density at radius 3 is 2.40 bits per heavy atom. The van der Waals surface area contributed by atoms with Gasteiger partial charge in [-0.3, -0.25) is 0 Å². The van der Waals surface area contributed by atoms with E-state index < -0.39 is 0 Å². The van der Waals surface area contributed by atoms with E-state index >= 15 is 0 Å². The number of rotatable bonds is 10. The molecule has 3 rings (SSSR count). The van der Waals surface area contributed by atoms with Gasteiger partial charge in [0.15, 0.2) is 11.5 Å². The molecule has 1 N–H and O–H groups in total. The molecular weight excluding hydrogens is 417 g/mol. The first kappa shape index (κ1) is 22.5. The van der Waals surface area contributed by atoms with E-state index in [9.17, 15) is 0 Å². The van der Waals surface area contributed by atoms with Crippen molar-refractivity contribution in [2.24, 2.45) is 0 Å². The zero-order chi connectivity index (χ0) is 21.3. The molecule has 1 atom stereocenters. The summed E-state index contributed by atoms with van der Waals surface area (Å²) in [7, 11) is 1.62. The van der Waals surface area contributed by atoms with Crippen molar-refractivity contribution in [1.29, 1.82) is 0 Å². The number of methoxy groups -OCH3 is 1. The van der Waals surface area contributed by atoms with E-state index in [1.165, 1.54) is 5.56 Å². The van der Waals surface area contributed by atoms with Gasteiger partial charge in [0.2, 0.25) is 0 Å². The number of hydrogen-bond acceptors (Lipinski definition) is 3. The van der Waals surface area contributed by atoms with Crippen LogP contribution in [-0.2, 0) is 19.6 Å². The van der Waals surface area contributed by atoms with Crippen LogP contribution in [0.2, 0.25) is 10.0 Å². The second-order valence-corrected chi connectivity index (χ2v) is 8.18. The average molecular weight is 444 g/mol. The van der Waals surface area contributed by atoms with E-state index in [4.69, 9.17) is 32.7 Å². The Bertz CT molecular complexity index is 947. The maximum atomic E-state index is 6.51. The van der Waals surface area contributed by atoms with Gasteiger partial charge in [0, 0.05) is 17.6 Å². The molecule has 0 fully saturated rings. The third-order valence-corrected chi connectivity index (χ3v) is 5.44. The minimum absolute atomic E-state index is 0.366. The second kappa shape index (κ2) is 11.3. The molecular formula is C25H27Cl2NO2. The lowest BCUT2D eigenvalue weighted by atomic mass is 10.1. The summed E-state index contributed by atoms with van der Waals surface area (Å²) >= 11 is 12.5. The number of aryl methyl sites for hydroxylation is 1. The first-order valence-corrected chi connectivity index (χ1v) is 10.8. The number of benzene rings is 3. The van der Waals surface area contributed by atoms with Crippen LogP contribution >= 0.6 is 23.2 Å². The van der Waals surface area contributed by atoms with Crippen LogP contribution in [0.3, 0.4) is 0 Å². The third-order valence-electron chi connectivity index (χ3n) is 4.92. The van der Waals surface area contributed by atoms with Gasteiger partial charge in [0.1, 0.15) is 6.61 Å². The van der Waals surface area contributed by atoms with E-state index in [1.807, 2.05) is 42.5 Å². The van der Waals surface area contributed by atoms with Gasteiger partial charge in [-0.2, -0.15) is 0 Å². The van der Waals surface area contributed by atoms with E-state index in [0.29, 0.717) is 40.7 Å². The fraction of sp³-hybridized carbons (Fsp3) is 0.280. The van der Waals surface area contributed by atoms with Crippen molar-refractivity contribution in [3.8, 4) is 11.5 Å². The maximum absolute atomic E-state index is 6.51. The Labute approximate surface area is 188 Å². The Hall–Kier alpha value is -2.20. The van der Waals surface area contributed by atoms with Crippen LogP contribution in [0.4, 0.5) is 0 Å². The van der Waals surface area contributed by atoms with E-state index in [-0.39, 0.29) is 0 Å². The fourth-order valence-corrected chi connectivity index (χ4v) is 3.72. The molecule has 0 saturated carbocycles. The molecule has 0 unspecified atom stereocenters. The van der Waals surface area contributed by atoms with Crippen LogP contribution in [0.15, 0.2) is 66.7 Å². The highest BCUT2D eigenvalue weighted by Gasteiger charge is 2.13. The first-order chi connectivity index (χ1) is 14.5. The van der Waals surface area contributed by atoms with Gasteiger partial charge in [0.05, 0.1) is 12.1 Å². The molecule has 0 bridgehead atoms. The lowest BCUT2D eigenvalue weighted by Gasteiger charge is -2.17. The smallest absolute Gasteiger partial charge is 0.180 e. The van der Waals surface area contributed by atoms with Crippen molar-refractivity contribution in [3.05, 3.63) is 93.5 Å². The zero-order valence-corrected chi connectivity index (χ0v) is 18.8. The molecule has 0 spiro atoms. The van der Waals surface area contributed by atoms with Gasteiger partial charge in [0.25, 0.3) is 0 Å². The van der Waals surface area contributed by atoms with Crippen molar-refractivity contribution in [2.75, 3.05) is 7.11 Å². The summed E-state index contributed by atoms with van der Waals surface area (Å²) in [6.45, 7) is 3.27. The maximum Gasteiger partial charge on any atom is 0.180 e. The molecule has 3 aromatic carbocycles. The zero-order valence-electron chi connectivity index (χ0n) is 17.3. The molecule has 0 aliphatic heterocycles. The van der Waals surface area contributed by atoms with Crippen LogP contribution in [-0.4, -0.2) is 13.2 Å². The summed E-state index contributed by atoms with van der Waals surface area (Å²) in [5.41, 5.74) is 3.38. The third kappa shape index (κ3) is 6.66. The fourth-order valence-electron chi connectivity index (χ4n) is 3.22. The minimum atomic E-state index is 0.366. The molecule has 0 heterocycles.